The van der Waals surface area contributed by atoms with Crippen molar-refractivity contribution >= 4 is 0 Å². The molecule has 0 bridgehead atoms. The maximum Gasteiger partial charge on any atom is 0.0634 e. The van der Waals surface area contributed by atoms with Gasteiger partial charge in [-0.3, -0.25) is 0 Å². The zero-order valence-electron chi connectivity index (χ0n) is 9.44. The third-order valence-electron chi connectivity index (χ3n) is 3.11. The molecule has 0 amide bonds. The Hall–Kier alpha value is -0.0800. The fourth-order valence-corrected chi connectivity index (χ4v) is 1.27. The molecule has 13 heavy (non-hydrogen) atoms. The average molecular weight is 185 g/mol. The summed E-state index contributed by atoms with van der Waals surface area (Å²) >= 11 is 0. The molecule has 1 rings (SSSR count). The van der Waals surface area contributed by atoms with Gasteiger partial charge in [-0.15, -0.1) is 0 Å². The first-order valence-electron chi connectivity index (χ1n) is 5.23. The Morgan fingerprint density at radius 3 is 2.46 bits per heavy atom. The summed E-state index contributed by atoms with van der Waals surface area (Å²) in [5.74, 6) is 0. The highest BCUT2D eigenvalue weighted by molar-refractivity contribution is 4.90. The van der Waals surface area contributed by atoms with E-state index in [1.54, 1.807) is 7.11 Å². The largest absolute Gasteiger partial charge is 0.379 e. The Morgan fingerprint density at radius 1 is 1.38 bits per heavy atom. The summed E-state index contributed by atoms with van der Waals surface area (Å²) in [5, 5.41) is 3.50. The Balaban J connectivity index is 2.00. The van der Waals surface area contributed by atoms with Crippen LogP contribution in [0.5, 0.6) is 0 Å². The van der Waals surface area contributed by atoms with Gasteiger partial charge in [-0.25, -0.2) is 0 Å². The molecule has 1 fully saturated rings. The standard InChI is InChI=1S/C11H23NO/c1-10(2,13-4)7-8-12-9-11(3)5-6-11/h12H,5-9H2,1-4H3. The van der Waals surface area contributed by atoms with Gasteiger partial charge in [-0.1, -0.05) is 6.92 Å². The van der Waals surface area contributed by atoms with Crippen LogP contribution in [0, 0.1) is 5.41 Å². The molecule has 0 aliphatic heterocycles. The number of hydrogen-bond acceptors (Lipinski definition) is 2. The van der Waals surface area contributed by atoms with E-state index in [-0.39, 0.29) is 5.60 Å². The van der Waals surface area contributed by atoms with Crippen LogP contribution in [0.1, 0.15) is 40.0 Å². The fraction of sp³-hybridized carbons (Fsp3) is 1.00. The second-order valence-corrected chi connectivity index (χ2v) is 5.20. The molecule has 0 aromatic carbocycles. The monoisotopic (exact) mass is 185 g/mol. The van der Waals surface area contributed by atoms with Crippen molar-refractivity contribution in [2.75, 3.05) is 20.2 Å². The van der Waals surface area contributed by atoms with Crippen LogP contribution in [-0.4, -0.2) is 25.8 Å². The van der Waals surface area contributed by atoms with Gasteiger partial charge < -0.3 is 10.1 Å². The number of nitrogens with one attached hydrogen (secondary N) is 1. The van der Waals surface area contributed by atoms with E-state index >= 15 is 0 Å². The van der Waals surface area contributed by atoms with Gasteiger partial charge in [0, 0.05) is 13.7 Å². The molecule has 78 valence electrons. The Kier molecular flexibility index (Phi) is 3.36. The first-order chi connectivity index (χ1) is 5.97. The van der Waals surface area contributed by atoms with E-state index < -0.39 is 0 Å². The van der Waals surface area contributed by atoms with Gasteiger partial charge in [0.2, 0.25) is 0 Å². The average Bonchev–Trinajstić information content (AvgIpc) is 2.79. The molecule has 0 saturated heterocycles. The number of rotatable bonds is 6. The van der Waals surface area contributed by atoms with E-state index in [1.165, 1.54) is 19.4 Å². The fourth-order valence-electron chi connectivity index (χ4n) is 1.27. The van der Waals surface area contributed by atoms with Gasteiger partial charge in [0.15, 0.2) is 0 Å². The summed E-state index contributed by atoms with van der Waals surface area (Å²) in [6.45, 7) is 8.85. The third-order valence-corrected chi connectivity index (χ3v) is 3.11. The van der Waals surface area contributed by atoms with Crippen LogP contribution >= 0.6 is 0 Å². The first kappa shape index (κ1) is 11.0. The van der Waals surface area contributed by atoms with Gasteiger partial charge in [0.05, 0.1) is 5.60 Å². The molecule has 0 radical (unpaired) electrons. The molecule has 2 nitrogen and oxygen atoms in total. The highest BCUT2D eigenvalue weighted by Gasteiger charge is 2.36. The number of hydrogen-bond donors (Lipinski definition) is 1. The predicted molar refractivity (Wildman–Crippen MR) is 55.9 cm³/mol. The van der Waals surface area contributed by atoms with Crippen LogP contribution in [-0.2, 0) is 4.74 Å². The number of methoxy groups -OCH3 is 1. The zero-order chi connectivity index (χ0) is 9.95. The molecule has 2 heteroatoms. The molecule has 0 heterocycles. The van der Waals surface area contributed by atoms with E-state index in [4.69, 9.17) is 4.74 Å². The summed E-state index contributed by atoms with van der Waals surface area (Å²) < 4.78 is 5.35. The van der Waals surface area contributed by atoms with Crippen molar-refractivity contribution in [2.45, 2.75) is 45.6 Å². The summed E-state index contributed by atoms with van der Waals surface area (Å²) in [7, 11) is 1.78. The second-order valence-electron chi connectivity index (χ2n) is 5.20. The van der Waals surface area contributed by atoms with E-state index in [2.05, 4.69) is 26.1 Å². The lowest BCUT2D eigenvalue weighted by molar-refractivity contribution is 0.0157. The molecule has 0 spiro atoms. The van der Waals surface area contributed by atoms with Crippen molar-refractivity contribution in [1.29, 1.82) is 0 Å². The van der Waals surface area contributed by atoms with Gasteiger partial charge >= 0.3 is 0 Å². The van der Waals surface area contributed by atoms with Crippen LogP contribution in [0.4, 0.5) is 0 Å². The minimum atomic E-state index is 0.0253. The molecule has 0 atom stereocenters. The van der Waals surface area contributed by atoms with Gasteiger partial charge in [0.25, 0.3) is 0 Å². The van der Waals surface area contributed by atoms with Gasteiger partial charge in [-0.2, -0.15) is 0 Å². The lowest BCUT2D eigenvalue weighted by Crippen LogP contribution is -2.31. The van der Waals surface area contributed by atoms with E-state index in [9.17, 15) is 0 Å². The first-order valence-corrected chi connectivity index (χ1v) is 5.23. The molecule has 0 unspecified atom stereocenters. The van der Waals surface area contributed by atoms with Crippen LogP contribution < -0.4 is 5.32 Å². The van der Waals surface area contributed by atoms with Crippen LogP contribution in [0.15, 0.2) is 0 Å². The minimum absolute atomic E-state index is 0.0253. The maximum absolute atomic E-state index is 5.35. The van der Waals surface area contributed by atoms with Crippen molar-refractivity contribution < 1.29 is 4.74 Å². The molecule has 0 aromatic rings. The molecule has 1 aliphatic carbocycles. The van der Waals surface area contributed by atoms with Crippen molar-refractivity contribution in [3.63, 3.8) is 0 Å². The normalized spacial score (nSPS) is 20.3. The molecular weight excluding hydrogens is 162 g/mol. The van der Waals surface area contributed by atoms with E-state index in [0.29, 0.717) is 5.41 Å². The lowest BCUT2D eigenvalue weighted by atomic mass is 10.1. The highest BCUT2D eigenvalue weighted by Crippen LogP contribution is 2.43. The topological polar surface area (TPSA) is 21.3 Å². The third kappa shape index (κ3) is 4.10. The Labute approximate surface area is 82.0 Å². The van der Waals surface area contributed by atoms with Crippen LogP contribution in [0.3, 0.4) is 0 Å². The van der Waals surface area contributed by atoms with E-state index in [1.807, 2.05) is 0 Å². The predicted octanol–water partition coefficient (Wildman–Crippen LogP) is 2.19. The van der Waals surface area contributed by atoms with Gasteiger partial charge in [0.1, 0.15) is 0 Å². The van der Waals surface area contributed by atoms with Crippen molar-refractivity contribution in [2.24, 2.45) is 5.41 Å². The van der Waals surface area contributed by atoms with Crippen molar-refractivity contribution in [1.82, 2.24) is 5.32 Å². The van der Waals surface area contributed by atoms with Gasteiger partial charge in [-0.05, 0) is 45.1 Å². The smallest absolute Gasteiger partial charge is 0.0634 e. The number of ether oxygens (including phenoxy) is 1. The zero-order valence-corrected chi connectivity index (χ0v) is 9.44. The SMILES string of the molecule is COC(C)(C)CCNCC1(C)CC1. The Morgan fingerprint density at radius 2 is 2.00 bits per heavy atom. The Bertz CT molecular complexity index is 161. The van der Waals surface area contributed by atoms with Crippen LogP contribution in [0.25, 0.3) is 0 Å². The molecule has 1 aliphatic rings. The molecule has 0 aromatic heterocycles. The van der Waals surface area contributed by atoms with E-state index in [0.717, 1.165) is 13.0 Å². The summed E-state index contributed by atoms with van der Waals surface area (Å²) in [4.78, 5) is 0. The lowest BCUT2D eigenvalue weighted by Gasteiger charge is -2.23. The molecule has 1 saturated carbocycles. The molecular formula is C11H23NO. The maximum atomic E-state index is 5.35. The summed E-state index contributed by atoms with van der Waals surface area (Å²) in [6.07, 6.45) is 3.88. The minimum Gasteiger partial charge on any atom is -0.379 e. The van der Waals surface area contributed by atoms with Crippen LogP contribution in [0.2, 0.25) is 0 Å². The summed E-state index contributed by atoms with van der Waals surface area (Å²) in [6, 6.07) is 0. The summed E-state index contributed by atoms with van der Waals surface area (Å²) in [5.41, 5.74) is 0.647. The highest BCUT2D eigenvalue weighted by atomic mass is 16.5. The van der Waals surface area contributed by atoms with Crippen molar-refractivity contribution in [3.8, 4) is 0 Å². The molecule has 1 N–H and O–H groups in total. The second kappa shape index (κ2) is 3.97. The van der Waals surface area contributed by atoms with Crippen molar-refractivity contribution in [3.05, 3.63) is 0 Å². The quantitative estimate of drug-likeness (QED) is 0.640.